The van der Waals surface area contributed by atoms with Crippen molar-refractivity contribution in [1.82, 2.24) is 0 Å². The van der Waals surface area contributed by atoms with Crippen LogP contribution in [0.1, 0.15) is 48.2 Å². The van der Waals surface area contributed by atoms with Crippen molar-refractivity contribution in [3.05, 3.63) is 59.2 Å². The van der Waals surface area contributed by atoms with Gasteiger partial charge in [0.05, 0.1) is 13.0 Å². The lowest BCUT2D eigenvalue weighted by atomic mass is 10.00. The minimum absolute atomic E-state index is 0.178. The number of carbonyl (C=O) groups excluding carboxylic acids is 2. The molecule has 2 aromatic carbocycles. The summed E-state index contributed by atoms with van der Waals surface area (Å²) in [6.45, 7) is 3.87. The van der Waals surface area contributed by atoms with Crippen LogP contribution in [0.25, 0.3) is 0 Å². The van der Waals surface area contributed by atoms with E-state index in [-0.39, 0.29) is 24.4 Å². The molecule has 6 nitrogen and oxygen atoms in total. The van der Waals surface area contributed by atoms with Crippen LogP contribution in [-0.4, -0.2) is 30.3 Å². The monoisotopic (exact) mass is 380 g/mol. The van der Waals surface area contributed by atoms with Crippen molar-refractivity contribution in [2.45, 2.75) is 39.2 Å². The Balaban J connectivity index is 1.63. The average molecular weight is 380 g/mol. The second-order valence-electron chi connectivity index (χ2n) is 6.77. The summed E-state index contributed by atoms with van der Waals surface area (Å²) in [6.07, 6.45) is 1.57. The number of esters is 1. The van der Waals surface area contributed by atoms with Crippen molar-refractivity contribution in [2.24, 2.45) is 0 Å². The Labute approximate surface area is 164 Å². The number of nitrogens with one attached hydrogen (secondary N) is 2. The van der Waals surface area contributed by atoms with Gasteiger partial charge in [0.25, 0.3) is 5.91 Å². The third-order valence-electron chi connectivity index (χ3n) is 4.63. The molecule has 0 fully saturated rings. The van der Waals surface area contributed by atoms with E-state index in [1.54, 1.807) is 44.2 Å². The van der Waals surface area contributed by atoms with E-state index in [0.717, 1.165) is 29.7 Å². The first-order valence-corrected chi connectivity index (χ1v) is 9.38. The first kappa shape index (κ1) is 19.6. The highest BCUT2D eigenvalue weighted by Crippen LogP contribution is 2.31. The van der Waals surface area contributed by atoms with Crippen LogP contribution < -0.4 is 10.1 Å². The van der Waals surface area contributed by atoms with Gasteiger partial charge in [0, 0.05) is 17.0 Å². The topological polar surface area (TPSA) is 88.5 Å². The third-order valence-corrected chi connectivity index (χ3v) is 4.63. The summed E-state index contributed by atoms with van der Waals surface area (Å²) >= 11 is 0. The molecule has 1 atom stereocenters. The number of hydrogen-bond donors (Lipinski definition) is 2. The van der Waals surface area contributed by atoms with Crippen molar-refractivity contribution in [3.8, 4) is 5.75 Å². The van der Waals surface area contributed by atoms with Crippen molar-refractivity contribution >= 4 is 23.3 Å². The lowest BCUT2D eigenvalue weighted by Crippen LogP contribution is -2.26. The van der Waals surface area contributed by atoms with Crippen molar-refractivity contribution in [2.75, 3.05) is 11.9 Å². The van der Waals surface area contributed by atoms with Crippen LogP contribution in [-0.2, 0) is 16.0 Å². The van der Waals surface area contributed by atoms with Crippen LogP contribution in [0.2, 0.25) is 0 Å². The molecule has 3 rings (SSSR count). The Hall–Kier alpha value is -3.15. The van der Waals surface area contributed by atoms with Gasteiger partial charge >= 0.3 is 5.97 Å². The molecule has 0 aliphatic carbocycles. The molecule has 2 N–H and O–H groups in total. The predicted octanol–water partition coefficient (Wildman–Crippen LogP) is 3.97. The van der Waals surface area contributed by atoms with Crippen LogP contribution in [0, 0.1) is 5.41 Å². The maximum Gasteiger partial charge on any atom is 0.309 e. The zero-order chi connectivity index (χ0) is 20.1. The minimum atomic E-state index is -0.246. The fourth-order valence-corrected chi connectivity index (χ4v) is 3.15. The van der Waals surface area contributed by atoms with E-state index in [1.165, 1.54) is 0 Å². The Morgan fingerprint density at radius 3 is 2.57 bits per heavy atom. The summed E-state index contributed by atoms with van der Waals surface area (Å²) in [5, 5.41) is 10.5. The first-order chi connectivity index (χ1) is 13.5. The van der Waals surface area contributed by atoms with Crippen LogP contribution >= 0.6 is 0 Å². The summed E-state index contributed by atoms with van der Waals surface area (Å²) in [5.74, 6) is 0.291. The number of anilines is 1. The van der Waals surface area contributed by atoms with E-state index in [4.69, 9.17) is 14.9 Å². The molecule has 2 aromatic rings. The zero-order valence-electron chi connectivity index (χ0n) is 16.1. The second-order valence-corrected chi connectivity index (χ2v) is 6.77. The Bertz CT molecular complexity index is 890. The summed E-state index contributed by atoms with van der Waals surface area (Å²) in [4.78, 5) is 24.1. The van der Waals surface area contributed by atoms with Crippen LogP contribution in [0.15, 0.2) is 42.5 Å². The molecule has 1 aliphatic heterocycles. The number of carbonyl (C=O) groups is 2. The molecule has 6 heteroatoms. The third kappa shape index (κ3) is 4.76. The van der Waals surface area contributed by atoms with Crippen molar-refractivity contribution in [3.63, 3.8) is 0 Å². The van der Waals surface area contributed by atoms with E-state index >= 15 is 0 Å². The second kappa shape index (κ2) is 8.69. The average Bonchev–Trinajstić information content (AvgIpc) is 2.68. The molecule has 1 unspecified atom stereocenters. The first-order valence-electron chi connectivity index (χ1n) is 9.38. The summed E-state index contributed by atoms with van der Waals surface area (Å²) in [5.41, 5.74) is 3.49. The van der Waals surface area contributed by atoms with Crippen molar-refractivity contribution in [1.29, 1.82) is 5.41 Å². The molecule has 146 valence electrons. The van der Waals surface area contributed by atoms with Gasteiger partial charge in [-0.05, 0) is 68.1 Å². The van der Waals surface area contributed by atoms with Gasteiger partial charge in [-0.25, -0.2) is 0 Å². The Morgan fingerprint density at radius 2 is 1.89 bits per heavy atom. The van der Waals surface area contributed by atoms with E-state index in [1.807, 2.05) is 12.1 Å². The molecule has 28 heavy (non-hydrogen) atoms. The molecule has 0 saturated heterocycles. The highest BCUT2D eigenvalue weighted by molar-refractivity contribution is 6.05. The predicted molar refractivity (Wildman–Crippen MR) is 107 cm³/mol. The van der Waals surface area contributed by atoms with Gasteiger partial charge < -0.3 is 20.2 Å². The largest absolute Gasteiger partial charge is 0.490 e. The minimum Gasteiger partial charge on any atom is -0.490 e. The molecular weight excluding hydrogens is 356 g/mol. The SMILES string of the molecule is CCOC(=O)CC1CCc2cc(NC(=O)c3ccc(C(C)=N)cc3)ccc2O1. The molecule has 0 bridgehead atoms. The molecule has 0 saturated carbocycles. The van der Waals surface area contributed by atoms with E-state index in [0.29, 0.717) is 23.6 Å². The van der Waals surface area contributed by atoms with Gasteiger partial charge in [-0.1, -0.05) is 12.1 Å². The summed E-state index contributed by atoms with van der Waals surface area (Å²) in [6, 6.07) is 12.5. The number of rotatable bonds is 6. The van der Waals surface area contributed by atoms with Gasteiger partial charge in [-0.15, -0.1) is 0 Å². The Kier molecular flexibility index (Phi) is 6.09. The number of benzene rings is 2. The lowest BCUT2D eigenvalue weighted by molar-refractivity contribution is -0.145. The molecule has 0 spiro atoms. The number of hydrogen-bond acceptors (Lipinski definition) is 5. The molecule has 1 aliphatic rings. The number of fused-ring (bicyclic) bond motifs is 1. The normalized spacial score (nSPS) is 15.1. The van der Waals surface area contributed by atoms with Gasteiger partial charge in [-0.2, -0.15) is 0 Å². The quantitative estimate of drug-likeness (QED) is 0.586. The van der Waals surface area contributed by atoms with Crippen LogP contribution in [0.4, 0.5) is 5.69 Å². The van der Waals surface area contributed by atoms with Crippen LogP contribution in [0.5, 0.6) is 5.75 Å². The highest BCUT2D eigenvalue weighted by atomic mass is 16.5. The van der Waals surface area contributed by atoms with Gasteiger partial charge in [0.1, 0.15) is 11.9 Å². The van der Waals surface area contributed by atoms with E-state index < -0.39 is 0 Å². The fraction of sp³-hybridized carbons (Fsp3) is 0.318. The van der Waals surface area contributed by atoms with E-state index in [2.05, 4.69) is 5.32 Å². The highest BCUT2D eigenvalue weighted by Gasteiger charge is 2.23. The van der Waals surface area contributed by atoms with Gasteiger partial charge in [0.2, 0.25) is 0 Å². The zero-order valence-corrected chi connectivity index (χ0v) is 16.1. The summed E-state index contributed by atoms with van der Waals surface area (Å²) in [7, 11) is 0. The summed E-state index contributed by atoms with van der Waals surface area (Å²) < 4.78 is 10.9. The Morgan fingerprint density at radius 1 is 1.18 bits per heavy atom. The molecule has 0 radical (unpaired) electrons. The number of amides is 1. The molecule has 1 heterocycles. The van der Waals surface area contributed by atoms with Gasteiger partial charge in [-0.3, -0.25) is 9.59 Å². The van der Waals surface area contributed by atoms with Crippen LogP contribution in [0.3, 0.4) is 0 Å². The molecule has 1 amide bonds. The van der Waals surface area contributed by atoms with Crippen molar-refractivity contribution < 1.29 is 19.1 Å². The maximum atomic E-state index is 12.5. The lowest BCUT2D eigenvalue weighted by Gasteiger charge is -2.26. The van der Waals surface area contributed by atoms with E-state index in [9.17, 15) is 9.59 Å². The standard InChI is InChI=1S/C22H24N2O4/c1-3-27-21(25)13-19-10-8-17-12-18(9-11-20(17)28-19)24-22(26)16-6-4-15(5-7-16)14(2)23/h4-7,9,11-12,19,23H,3,8,10,13H2,1-2H3,(H,24,26). The number of aryl methyl sites for hydroxylation is 1. The maximum absolute atomic E-state index is 12.5. The molecule has 0 aromatic heterocycles. The number of ether oxygens (including phenoxy) is 2. The fourth-order valence-electron chi connectivity index (χ4n) is 3.15. The van der Waals surface area contributed by atoms with Gasteiger partial charge in [0.15, 0.2) is 0 Å². The smallest absolute Gasteiger partial charge is 0.309 e. The molecular formula is C22H24N2O4.